The molecule has 1 heterocycles. The number of halogens is 2. The van der Waals surface area contributed by atoms with Gasteiger partial charge in [0, 0.05) is 13.1 Å². The zero-order valence-corrected chi connectivity index (χ0v) is 10.1. The van der Waals surface area contributed by atoms with Gasteiger partial charge in [0.05, 0.1) is 14.7 Å². The summed E-state index contributed by atoms with van der Waals surface area (Å²) in [6.07, 6.45) is 0. The first-order valence-electron chi connectivity index (χ1n) is 4.41. The van der Waals surface area contributed by atoms with Gasteiger partial charge in [-0.15, -0.1) is 0 Å². The Labute approximate surface area is 101 Å². The average molecular weight is 262 g/mol. The van der Waals surface area contributed by atoms with Crippen molar-refractivity contribution in [2.24, 2.45) is 5.73 Å². The topological polar surface area (TPSA) is 50.9 Å². The molecule has 3 nitrogen and oxygen atoms in total. The number of hydrogen-bond donors (Lipinski definition) is 2. The van der Waals surface area contributed by atoms with Crippen molar-refractivity contribution in [3.63, 3.8) is 0 Å². The Balaban J connectivity index is 2.42. The van der Waals surface area contributed by atoms with Crippen LogP contribution in [-0.2, 0) is 0 Å². The summed E-state index contributed by atoms with van der Waals surface area (Å²) >= 11 is 13.5. The fraction of sp³-hybridized carbons (Fsp3) is 0.222. The quantitative estimate of drug-likeness (QED) is 0.894. The van der Waals surface area contributed by atoms with Crippen molar-refractivity contribution >= 4 is 49.9 Å². The Morgan fingerprint density at radius 3 is 2.93 bits per heavy atom. The maximum atomic E-state index is 6.03. The summed E-state index contributed by atoms with van der Waals surface area (Å²) in [7, 11) is 0. The van der Waals surface area contributed by atoms with Gasteiger partial charge in [-0.25, -0.2) is 4.98 Å². The Morgan fingerprint density at radius 1 is 1.40 bits per heavy atom. The van der Waals surface area contributed by atoms with Crippen LogP contribution in [0.25, 0.3) is 10.2 Å². The fourth-order valence-electron chi connectivity index (χ4n) is 1.19. The number of benzene rings is 1. The number of nitrogens with two attached hydrogens (primary N) is 1. The lowest BCUT2D eigenvalue weighted by atomic mass is 10.3. The number of aromatic nitrogens is 1. The number of anilines is 1. The van der Waals surface area contributed by atoms with E-state index in [4.69, 9.17) is 28.9 Å². The van der Waals surface area contributed by atoms with E-state index < -0.39 is 0 Å². The molecule has 0 aliphatic rings. The molecule has 80 valence electrons. The van der Waals surface area contributed by atoms with Crippen LogP contribution in [0.15, 0.2) is 12.1 Å². The highest BCUT2D eigenvalue weighted by atomic mass is 35.5. The van der Waals surface area contributed by atoms with E-state index in [1.54, 1.807) is 6.07 Å². The van der Waals surface area contributed by atoms with Crippen LogP contribution < -0.4 is 11.1 Å². The second kappa shape index (κ2) is 4.53. The molecule has 2 aromatic rings. The number of thiazole rings is 1. The number of hydrogen-bond acceptors (Lipinski definition) is 4. The maximum Gasteiger partial charge on any atom is 0.183 e. The van der Waals surface area contributed by atoms with Gasteiger partial charge >= 0.3 is 0 Å². The molecule has 0 spiro atoms. The Kier molecular flexibility index (Phi) is 3.31. The third kappa shape index (κ3) is 2.18. The normalized spacial score (nSPS) is 10.9. The highest BCUT2D eigenvalue weighted by Gasteiger charge is 2.09. The van der Waals surface area contributed by atoms with Gasteiger partial charge in [-0.2, -0.15) is 0 Å². The molecule has 6 heteroatoms. The third-order valence-electron chi connectivity index (χ3n) is 1.87. The van der Waals surface area contributed by atoms with Gasteiger partial charge in [-0.05, 0) is 12.1 Å². The molecule has 0 saturated carbocycles. The van der Waals surface area contributed by atoms with E-state index in [1.165, 1.54) is 11.3 Å². The van der Waals surface area contributed by atoms with Crippen LogP contribution in [0.2, 0.25) is 10.0 Å². The molecule has 0 unspecified atom stereocenters. The molecule has 1 aromatic heterocycles. The summed E-state index contributed by atoms with van der Waals surface area (Å²) in [6.45, 7) is 1.27. The molecule has 0 radical (unpaired) electrons. The zero-order valence-electron chi connectivity index (χ0n) is 7.76. The van der Waals surface area contributed by atoms with Crippen molar-refractivity contribution in [2.75, 3.05) is 18.4 Å². The van der Waals surface area contributed by atoms with E-state index in [1.807, 2.05) is 6.07 Å². The van der Waals surface area contributed by atoms with Crippen molar-refractivity contribution in [3.05, 3.63) is 22.2 Å². The fourth-order valence-corrected chi connectivity index (χ4v) is 2.51. The van der Waals surface area contributed by atoms with Crippen molar-refractivity contribution in [2.45, 2.75) is 0 Å². The second-order valence-electron chi connectivity index (χ2n) is 2.94. The van der Waals surface area contributed by atoms with E-state index in [9.17, 15) is 0 Å². The minimum Gasteiger partial charge on any atom is -0.360 e. The first-order valence-corrected chi connectivity index (χ1v) is 5.98. The molecule has 1 aromatic carbocycles. The van der Waals surface area contributed by atoms with E-state index in [2.05, 4.69) is 10.3 Å². The van der Waals surface area contributed by atoms with E-state index in [0.717, 1.165) is 15.3 Å². The van der Waals surface area contributed by atoms with Crippen LogP contribution in [0, 0.1) is 0 Å². The van der Waals surface area contributed by atoms with E-state index in [-0.39, 0.29) is 0 Å². The van der Waals surface area contributed by atoms with Gasteiger partial charge in [0.1, 0.15) is 5.52 Å². The van der Waals surface area contributed by atoms with Gasteiger partial charge in [0.2, 0.25) is 0 Å². The molecule has 0 bridgehead atoms. The summed E-state index contributed by atoms with van der Waals surface area (Å²) in [6, 6.07) is 3.69. The Hall–Kier alpha value is -0.550. The molecule has 3 N–H and O–H groups in total. The minimum atomic E-state index is 0.506. The number of nitrogens with zero attached hydrogens (tertiary/aromatic N) is 1. The van der Waals surface area contributed by atoms with Crippen molar-refractivity contribution in [1.29, 1.82) is 0 Å². The predicted molar refractivity (Wildman–Crippen MR) is 67.2 cm³/mol. The number of nitrogens with one attached hydrogen (secondary N) is 1. The lowest BCUT2D eigenvalue weighted by Crippen LogP contribution is -2.12. The summed E-state index contributed by atoms with van der Waals surface area (Å²) < 4.78 is 1.02. The Bertz CT molecular complexity index is 483. The molecule has 0 saturated heterocycles. The molecule has 0 atom stereocenters. The molecular weight excluding hydrogens is 253 g/mol. The third-order valence-corrected chi connectivity index (χ3v) is 3.65. The van der Waals surface area contributed by atoms with Crippen molar-refractivity contribution in [1.82, 2.24) is 4.98 Å². The van der Waals surface area contributed by atoms with Gasteiger partial charge in [-0.1, -0.05) is 34.5 Å². The average Bonchev–Trinajstić information content (AvgIpc) is 2.64. The van der Waals surface area contributed by atoms with Crippen molar-refractivity contribution in [3.8, 4) is 0 Å². The number of rotatable bonds is 3. The molecular formula is C9H9Cl2N3S. The maximum absolute atomic E-state index is 6.03. The predicted octanol–water partition coefficient (Wildman–Crippen LogP) is 2.97. The zero-order chi connectivity index (χ0) is 10.8. The molecule has 15 heavy (non-hydrogen) atoms. The van der Waals surface area contributed by atoms with Crippen LogP contribution in [-0.4, -0.2) is 18.1 Å². The first kappa shape index (κ1) is 11.0. The van der Waals surface area contributed by atoms with Gasteiger partial charge in [0.25, 0.3) is 0 Å². The van der Waals surface area contributed by atoms with Crippen LogP contribution in [0.4, 0.5) is 5.13 Å². The summed E-state index contributed by atoms with van der Waals surface area (Å²) in [5.74, 6) is 0. The molecule has 0 aliphatic heterocycles. The highest BCUT2D eigenvalue weighted by Crippen LogP contribution is 2.34. The monoisotopic (exact) mass is 261 g/mol. The lowest BCUT2D eigenvalue weighted by molar-refractivity contribution is 1.02. The smallest absolute Gasteiger partial charge is 0.183 e. The standard InChI is InChI=1S/C9H9Cl2N3S/c10-5-1-2-6-8(7(5)11)14-9(15-6)13-4-3-12/h1-2H,3-4,12H2,(H,13,14). The van der Waals surface area contributed by atoms with Crippen LogP contribution in [0.3, 0.4) is 0 Å². The second-order valence-corrected chi connectivity index (χ2v) is 4.76. The van der Waals surface area contributed by atoms with Crippen molar-refractivity contribution < 1.29 is 0 Å². The van der Waals surface area contributed by atoms with E-state index in [0.29, 0.717) is 23.1 Å². The SMILES string of the molecule is NCCNc1nc2c(Cl)c(Cl)ccc2s1. The highest BCUT2D eigenvalue weighted by molar-refractivity contribution is 7.22. The minimum absolute atomic E-state index is 0.506. The molecule has 0 amide bonds. The van der Waals surface area contributed by atoms with Crippen LogP contribution in [0.5, 0.6) is 0 Å². The summed E-state index contributed by atoms with van der Waals surface area (Å²) in [4.78, 5) is 4.35. The Morgan fingerprint density at radius 2 is 2.20 bits per heavy atom. The van der Waals surface area contributed by atoms with Gasteiger partial charge < -0.3 is 11.1 Å². The van der Waals surface area contributed by atoms with Gasteiger partial charge in [0.15, 0.2) is 5.13 Å². The summed E-state index contributed by atoms with van der Waals surface area (Å²) in [5, 5.41) is 4.96. The van der Waals surface area contributed by atoms with Crippen LogP contribution >= 0.6 is 34.5 Å². The summed E-state index contributed by atoms with van der Waals surface area (Å²) in [5.41, 5.74) is 6.14. The van der Waals surface area contributed by atoms with Gasteiger partial charge in [-0.3, -0.25) is 0 Å². The lowest BCUT2D eigenvalue weighted by Gasteiger charge is -1.96. The molecule has 0 fully saturated rings. The first-order chi connectivity index (χ1) is 7.22. The van der Waals surface area contributed by atoms with Crippen LogP contribution in [0.1, 0.15) is 0 Å². The van der Waals surface area contributed by atoms with E-state index >= 15 is 0 Å². The molecule has 2 rings (SSSR count). The molecule has 0 aliphatic carbocycles. The largest absolute Gasteiger partial charge is 0.360 e. The number of fused-ring (bicyclic) bond motifs is 1.